The van der Waals surface area contributed by atoms with Gasteiger partial charge < -0.3 is 10.4 Å². The summed E-state index contributed by atoms with van der Waals surface area (Å²) in [4.78, 5) is 0. The first-order chi connectivity index (χ1) is 8.88. The van der Waals surface area contributed by atoms with Crippen molar-refractivity contribution in [3.63, 3.8) is 0 Å². The van der Waals surface area contributed by atoms with Crippen molar-refractivity contribution in [2.75, 3.05) is 18.5 Å². The summed E-state index contributed by atoms with van der Waals surface area (Å²) in [5.74, 6) is 0. The Morgan fingerprint density at radius 3 is 3.17 bits per heavy atom. The maximum absolute atomic E-state index is 8.91. The van der Waals surface area contributed by atoms with Gasteiger partial charge >= 0.3 is 0 Å². The summed E-state index contributed by atoms with van der Waals surface area (Å²) in [6.45, 7) is 1.05. The van der Waals surface area contributed by atoms with Crippen LogP contribution in [-0.2, 0) is 6.42 Å². The van der Waals surface area contributed by atoms with E-state index in [9.17, 15) is 0 Å². The number of anilines is 1. The number of aromatic nitrogens is 3. The highest BCUT2D eigenvalue weighted by Gasteiger charge is 2.22. The predicted molar refractivity (Wildman–Crippen MR) is 68.5 cm³/mol. The van der Waals surface area contributed by atoms with Crippen molar-refractivity contribution in [2.24, 2.45) is 0 Å². The number of hydrogen-bond donors (Lipinski definition) is 2. The van der Waals surface area contributed by atoms with Crippen molar-refractivity contribution in [2.45, 2.75) is 18.9 Å². The summed E-state index contributed by atoms with van der Waals surface area (Å²) in [5.41, 5.74) is 3.27. The van der Waals surface area contributed by atoms with E-state index in [1.165, 1.54) is 11.3 Å². The molecule has 0 aliphatic carbocycles. The van der Waals surface area contributed by atoms with Crippen molar-refractivity contribution in [1.29, 1.82) is 0 Å². The van der Waals surface area contributed by atoms with Crippen molar-refractivity contribution >= 4 is 5.69 Å². The number of benzene rings is 1. The van der Waals surface area contributed by atoms with E-state index in [2.05, 4.69) is 27.8 Å². The number of nitrogens with zero attached hydrogens (tertiary/aromatic N) is 3. The molecule has 0 amide bonds. The predicted octanol–water partition coefficient (Wildman–Crippen LogP) is 1.22. The van der Waals surface area contributed by atoms with Crippen LogP contribution in [0.25, 0.3) is 0 Å². The Bertz CT molecular complexity index is 537. The smallest absolute Gasteiger partial charge is 0.0850 e. The van der Waals surface area contributed by atoms with Gasteiger partial charge in [-0.1, -0.05) is 23.4 Å². The van der Waals surface area contributed by atoms with Gasteiger partial charge in [-0.25, -0.2) is 4.68 Å². The standard InChI is InChI=1S/C13H16N4O/c18-8-6-10-9-17(16-15-10)13-5-7-14-12-4-2-1-3-11(12)13/h1-4,9,13-14,18H,5-8H2. The minimum absolute atomic E-state index is 0.113. The number of nitrogens with one attached hydrogen (secondary N) is 1. The fourth-order valence-electron chi connectivity index (χ4n) is 2.42. The molecule has 1 aromatic carbocycles. The summed E-state index contributed by atoms with van der Waals surface area (Å²) >= 11 is 0. The molecule has 0 saturated heterocycles. The fraction of sp³-hybridized carbons (Fsp3) is 0.385. The van der Waals surface area contributed by atoms with Gasteiger partial charge in [-0.3, -0.25) is 0 Å². The molecule has 0 spiro atoms. The molecule has 1 aliphatic rings. The lowest BCUT2D eigenvalue weighted by Crippen LogP contribution is -2.22. The molecule has 2 N–H and O–H groups in total. The molecule has 1 aromatic heterocycles. The van der Waals surface area contributed by atoms with Gasteiger partial charge in [0.05, 0.1) is 11.7 Å². The van der Waals surface area contributed by atoms with Gasteiger partial charge in [0.2, 0.25) is 0 Å². The maximum Gasteiger partial charge on any atom is 0.0850 e. The zero-order valence-corrected chi connectivity index (χ0v) is 10.1. The lowest BCUT2D eigenvalue weighted by Gasteiger charge is -2.26. The van der Waals surface area contributed by atoms with Gasteiger partial charge in [-0.05, 0) is 18.1 Å². The highest BCUT2D eigenvalue weighted by Crippen LogP contribution is 2.31. The first-order valence-corrected chi connectivity index (χ1v) is 6.23. The molecule has 1 unspecified atom stereocenters. The summed E-state index contributed by atoms with van der Waals surface area (Å²) in [6.07, 6.45) is 3.49. The van der Waals surface area contributed by atoms with Crippen molar-refractivity contribution in [3.05, 3.63) is 41.7 Å². The number of rotatable bonds is 3. The molecule has 18 heavy (non-hydrogen) atoms. The third kappa shape index (κ3) is 1.97. The SMILES string of the molecule is OCCc1cn(C2CCNc3ccccc32)nn1. The van der Waals surface area contributed by atoms with E-state index in [0.717, 1.165) is 18.7 Å². The number of aliphatic hydroxyl groups excluding tert-OH is 1. The minimum Gasteiger partial charge on any atom is -0.396 e. The van der Waals surface area contributed by atoms with Crippen LogP contribution >= 0.6 is 0 Å². The van der Waals surface area contributed by atoms with Crippen molar-refractivity contribution in [1.82, 2.24) is 15.0 Å². The first-order valence-electron chi connectivity index (χ1n) is 6.23. The Labute approximate surface area is 105 Å². The van der Waals surface area contributed by atoms with Crippen LogP contribution < -0.4 is 5.32 Å². The van der Waals surface area contributed by atoms with Crippen molar-refractivity contribution < 1.29 is 5.11 Å². The van der Waals surface area contributed by atoms with E-state index in [4.69, 9.17) is 5.11 Å². The second kappa shape index (κ2) is 4.78. The largest absolute Gasteiger partial charge is 0.396 e. The molecule has 1 aliphatic heterocycles. The molecular formula is C13H16N4O. The number of para-hydroxylation sites is 1. The van der Waals surface area contributed by atoms with Crippen LogP contribution in [0.15, 0.2) is 30.5 Å². The third-order valence-electron chi connectivity index (χ3n) is 3.30. The zero-order valence-electron chi connectivity index (χ0n) is 10.1. The van der Waals surface area contributed by atoms with E-state index >= 15 is 0 Å². The van der Waals surface area contributed by atoms with Crippen LogP contribution in [-0.4, -0.2) is 33.3 Å². The van der Waals surface area contributed by atoms with Gasteiger partial charge in [0, 0.05) is 31.5 Å². The number of hydrogen-bond acceptors (Lipinski definition) is 4. The topological polar surface area (TPSA) is 63.0 Å². The van der Waals surface area contributed by atoms with Gasteiger partial charge in [0.25, 0.3) is 0 Å². The van der Waals surface area contributed by atoms with Crippen LogP contribution in [0.1, 0.15) is 23.7 Å². The molecule has 0 bridgehead atoms. The summed E-state index contributed by atoms with van der Waals surface area (Å²) in [7, 11) is 0. The van der Waals surface area contributed by atoms with Crippen LogP contribution in [0.2, 0.25) is 0 Å². The second-order valence-electron chi connectivity index (χ2n) is 4.48. The molecule has 3 rings (SSSR count). The van der Waals surface area contributed by atoms with Gasteiger partial charge in [-0.15, -0.1) is 5.10 Å². The molecule has 1 atom stereocenters. The number of aliphatic hydroxyl groups is 1. The highest BCUT2D eigenvalue weighted by atomic mass is 16.3. The van der Waals surface area contributed by atoms with Crippen molar-refractivity contribution in [3.8, 4) is 0 Å². The van der Waals surface area contributed by atoms with E-state index in [1.54, 1.807) is 0 Å². The average molecular weight is 244 g/mol. The normalized spacial score (nSPS) is 18.2. The lowest BCUT2D eigenvalue weighted by atomic mass is 9.98. The third-order valence-corrected chi connectivity index (χ3v) is 3.30. The maximum atomic E-state index is 8.91. The molecule has 0 radical (unpaired) electrons. The molecule has 94 valence electrons. The van der Waals surface area contributed by atoms with Gasteiger partial charge in [-0.2, -0.15) is 0 Å². The molecule has 2 heterocycles. The van der Waals surface area contributed by atoms with Gasteiger partial charge in [0.1, 0.15) is 0 Å². The average Bonchev–Trinajstić information content (AvgIpc) is 2.87. The minimum atomic E-state index is 0.113. The van der Waals surface area contributed by atoms with Crippen LogP contribution in [0.3, 0.4) is 0 Å². The van der Waals surface area contributed by atoms with Crippen LogP contribution in [0.4, 0.5) is 5.69 Å². The van der Waals surface area contributed by atoms with Crippen LogP contribution in [0, 0.1) is 0 Å². The Hall–Kier alpha value is -1.88. The Morgan fingerprint density at radius 1 is 1.39 bits per heavy atom. The summed E-state index contributed by atoms with van der Waals surface area (Å²) < 4.78 is 1.91. The van der Waals surface area contributed by atoms with E-state index in [0.29, 0.717) is 6.42 Å². The molecule has 5 nitrogen and oxygen atoms in total. The molecule has 0 fully saturated rings. The van der Waals surface area contributed by atoms with Crippen LogP contribution in [0.5, 0.6) is 0 Å². The number of fused-ring (bicyclic) bond motifs is 1. The zero-order chi connectivity index (χ0) is 12.4. The summed E-state index contributed by atoms with van der Waals surface area (Å²) in [5, 5.41) is 20.6. The van der Waals surface area contributed by atoms with Gasteiger partial charge in [0.15, 0.2) is 0 Å². The molecule has 5 heteroatoms. The van der Waals surface area contributed by atoms with E-state index in [1.807, 2.05) is 23.0 Å². The quantitative estimate of drug-likeness (QED) is 0.852. The summed E-state index contributed by atoms with van der Waals surface area (Å²) in [6, 6.07) is 8.53. The first kappa shape index (κ1) is 11.2. The van der Waals surface area contributed by atoms with E-state index in [-0.39, 0.29) is 12.6 Å². The van der Waals surface area contributed by atoms with E-state index < -0.39 is 0 Å². The monoisotopic (exact) mass is 244 g/mol. The second-order valence-corrected chi connectivity index (χ2v) is 4.48. The Kier molecular flexibility index (Phi) is 2.98. The Balaban J connectivity index is 1.92. The Morgan fingerprint density at radius 2 is 2.28 bits per heavy atom. The fourth-order valence-corrected chi connectivity index (χ4v) is 2.42. The highest BCUT2D eigenvalue weighted by molar-refractivity contribution is 5.54. The molecule has 0 saturated carbocycles. The molecular weight excluding hydrogens is 228 g/mol. The molecule has 2 aromatic rings. The lowest BCUT2D eigenvalue weighted by molar-refractivity contribution is 0.298.